The molecule has 5 rings (SSSR count). The van der Waals surface area contributed by atoms with Gasteiger partial charge in [0.05, 0.1) is 37.3 Å². The van der Waals surface area contributed by atoms with Crippen LogP contribution in [0.4, 0.5) is 17.5 Å². The lowest BCUT2D eigenvalue weighted by Gasteiger charge is -2.30. The standard InChI is InChI=1S/C23H23N7O3/c1-32-19-13-15(4-5-18(19)29-9-11-33-12-10-29)17-14-20-25-7-8-30(20)23(27-17)28-22-16(21(24)31)3-2-6-26-22/h2-8,13-14H,9-12H2,1H3,(H2,24,31)(H,26,27,28). The van der Waals surface area contributed by atoms with Crippen LogP contribution in [-0.4, -0.2) is 58.7 Å². The molecule has 0 bridgehead atoms. The number of fused-ring (bicyclic) bond motifs is 1. The van der Waals surface area contributed by atoms with Crippen LogP contribution in [0.15, 0.2) is 55.0 Å². The first kappa shape index (κ1) is 20.7. The second kappa shape index (κ2) is 8.75. The van der Waals surface area contributed by atoms with Gasteiger partial charge >= 0.3 is 0 Å². The Morgan fingerprint density at radius 1 is 1.15 bits per heavy atom. The molecule has 0 spiro atoms. The smallest absolute Gasteiger partial charge is 0.252 e. The number of aromatic nitrogens is 4. The number of hydrogen-bond acceptors (Lipinski definition) is 8. The number of pyridine rings is 1. The van der Waals surface area contributed by atoms with Gasteiger partial charge in [-0.2, -0.15) is 0 Å². The highest BCUT2D eigenvalue weighted by Gasteiger charge is 2.18. The van der Waals surface area contributed by atoms with Gasteiger partial charge in [-0.15, -0.1) is 0 Å². The Morgan fingerprint density at radius 2 is 2.00 bits per heavy atom. The fourth-order valence-corrected chi connectivity index (χ4v) is 3.87. The van der Waals surface area contributed by atoms with Gasteiger partial charge in [-0.05, 0) is 24.3 Å². The lowest BCUT2D eigenvalue weighted by molar-refractivity contribution is 0.100. The summed E-state index contributed by atoms with van der Waals surface area (Å²) in [4.78, 5) is 27.5. The number of primary amides is 1. The summed E-state index contributed by atoms with van der Waals surface area (Å²) in [7, 11) is 1.66. The minimum absolute atomic E-state index is 0.273. The molecule has 1 fully saturated rings. The van der Waals surface area contributed by atoms with Crippen molar-refractivity contribution in [2.24, 2.45) is 5.73 Å². The van der Waals surface area contributed by atoms with Gasteiger partial charge in [0.2, 0.25) is 5.95 Å². The van der Waals surface area contributed by atoms with E-state index in [9.17, 15) is 4.79 Å². The third kappa shape index (κ3) is 4.03. The van der Waals surface area contributed by atoms with Gasteiger partial charge in [0.15, 0.2) is 0 Å². The molecule has 4 heterocycles. The van der Waals surface area contributed by atoms with Crippen molar-refractivity contribution in [1.29, 1.82) is 0 Å². The number of anilines is 3. The zero-order valence-corrected chi connectivity index (χ0v) is 18.1. The van der Waals surface area contributed by atoms with Crippen LogP contribution >= 0.6 is 0 Å². The Kier molecular flexibility index (Phi) is 5.49. The number of methoxy groups -OCH3 is 1. The summed E-state index contributed by atoms with van der Waals surface area (Å²) in [5.74, 6) is 0.962. The van der Waals surface area contributed by atoms with Gasteiger partial charge in [0, 0.05) is 43.3 Å². The molecule has 1 aromatic carbocycles. The van der Waals surface area contributed by atoms with Crippen molar-refractivity contribution in [1.82, 2.24) is 19.4 Å². The Balaban J connectivity index is 1.55. The number of benzene rings is 1. The molecule has 4 aromatic rings. The molecule has 33 heavy (non-hydrogen) atoms. The molecule has 0 saturated carbocycles. The number of morpholine rings is 1. The van der Waals surface area contributed by atoms with Crippen molar-refractivity contribution in [3.63, 3.8) is 0 Å². The predicted molar refractivity (Wildman–Crippen MR) is 124 cm³/mol. The van der Waals surface area contributed by atoms with E-state index in [1.165, 1.54) is 0 Å². The highest BCUT2D eigenvalue weighted by molar-refractivity contribution is 5.98. The molecule has 0 unspecified atom stereocenters. The van der Waals surface area contributed by atoms with Gasteiger partial charge in [0.1, 0.15) is 17.2 Å². The maximum atomic E-state index is 11.8. The maximum absolute atomic E-state index is 11.8. The third-order valence-corrected chi connectivity index (χ3v) is 5.52. The number of ether oxygens (including phenoxy) is 2. The highest BCUT2D eigenvalue weighted by atomic mass is 16.5. The number of nitrogens with one attached hydrogen (secondary N) is 1. The van der Waals surface area contributed by atoms with E-state index >= 15 is 0 Å². The number of nitrogens with two attached hydrogens (primary N) is 1. The number of rotatable bonds is 6. The Hall–Kier alpha value is -4.18. The van der Waals surface area contributed by atoms with E-state index in [0.717, 1.165) is 30.1 Å². The van der Waals surface area contributed by atoms with E-state index in [1.54, 1.807) is 42.2 Å². The van der Waals surface area contributed by atoms with Gasteiger partial charge in [-0.3, -0.25) is 9.20 Å². The monoisotopic (exact) mass is 445 g/mol. The SMILES string of the molecule is COc1cc(-c2cc3nccn3c(Nc3ncccc3C(N)=O)n2)ccc1N1CCOCC1. The molecule has 1 saturated heterocycles. The Labute approximate surface area is 190 Å². The molecule has 0 atom stereocenters. The molecule has 10 nitrogen and oxygen atoms in total. The van der Waals surface area contributed by atoms with Crippen molar-refractivity contribution in [2.45, 2.75) is 0 Å². The minimum Gasteiger partial charge on any atom is -0.495 e. The van der Waals surface area contributed by atoms with Crippen LogP contribution in [0.2, 0.25) is 0 Å². The number of carbonyl (C=O) groups is 1. The molecular formula is C23H23N7O3. The summed E-state index contributed by atoms with van der Waals surface area (Å²) in [6.45, 7) is 3.01. The lowest BCUT2D eigenvalue weighted by atomic mass is 10.1. The minimum atomic E-state index is -0.577. The molecule has 3 N–H and O–H groups in total. The number of imidazole rings is 1. The molecule has 0 aliphatic carbocycles. The molecule has 1 aliphatic heterocycles. The first-order valence-electron chi connectivity index (χ1n) is 10.5. The van der Waals surface area contributed by atoms with Crippen LogP contribution < -0.4 is 20.7 Å². The van der Waals surface area contributed by atoms with Crippen LogP contribution in [-0.2, 0) is 4.74 Å². The zero-order valence-electron chi connectivity index (χ0n) is 18.1. The average molecular weight is 445 g/mol. The van der Waals surface area contributed by atoms with E-state index in [-0.39, 0.29) is 5.56 Å². The molecular weight excluding hydrogens is 422 g/mol. The number of carbonyl (C=O) groups excluding carboxylic acids is 1. The van der Waals surface area contributed by atoms with E-state index in [2.05, 4.69) is 20.2 Å². The van der Waals surface area contributed by atoms with Crippen LogP contribution in [0.3, 0.4) is 0 Å². The molecule has 3 aromatic heterocycles. The van der Waals surface area contributed by atoms with Crippen LogP contribution in [0, 0.1) is 0 Å². The third-order valence-electron chi connectivity index (χ3n) is 5.52. The summed E-state index contributed by atoms with van der Waals surface area (Å²) in [6.07, 6.45) is 5.05. The summed E-state index contributed by atoms with van der Waals surface area (Å²) in [5.41, 5.74) is 9.05. The van der Waals surface area contributed by atoms with Crippen molar-refractivity contribution in [3.05, 3.63) is 60.6 Å². The number of amides is 1. The summed E-state index contributed by atoms with van der Waals surface area (Å²) in [6, 6.07) is 11.2. The van der Waals surface area contributed by atoms with Crippen LogP contribution in [0.25, 0.3) is 16.9 Å². The Bertz CT molecular complexity index is 1310. The summed E-state index contributed by atoms with van der Waals surface area (Å²) in [5, 5.41) is 3.13. The normalized spacial score (nSPS) is 13.8. The van der Waals surface area contributed by atoms with Crippen molar-refractivity contribution in [3.8, 4) is 17.0 Å². The van der Waals surface area contributed by atoms with Crippen LogP contribution in [0.1, 0.15) is 10.4 Å². The first-order valence-corrected chi connectivity index (χ1v) is 10.5. The maximum Gasteiger partial charge on any atom is 0.252 e. The average Bonchev–Trinajstić information content (AvgIpc) is 3.33. The quantitative estimate of drug-likeness (QED) is 0.464. The topological polar surface area (TPSA) is 120 Å². The van der Waals surface area contributed by atoms with E-state index in [4.69, 9.17) is 20.2 Å². The van der Waals surface area contributed by atoms with Gasteiger partial charge < -0.3 is 25.4 Å². The van der Waals surface area contributed by atoms with Gasteiger partial charge in [0.25, 0.3) is 5.91 Å². The molecule has 0 radical (unpaired) electrons. The largest absolute Gasteiger partial charge is 0.495 e. The molecule has 168 valence electrons. The van der Waals surface area contributed by atoms with Crippen molar-refractivity contribution in [2.75, 3.05) is 43.6 Å². The molecule has 10 heteroatoms. The first-order chi connectivity index (χ1) is 16.1. The zero-order chi connectivity index (χ0) is 22.8. The fraction of sp³-hybridized carbons (Fsp3) is 0.217. The highest BCUT2D eigenvalue weighted by Crippen LogP contribution is 2.34. The van der Waals surface area contributed by atoms with Gasteiger partial charge in [-0.25, -0.2) is 15.0 Å². The van der Waals surface area contributed by atoms with E-state index < -0.39 is 5.91 Å². The van der Waals surface area contributed by atoms with Gasteiger partial charge in [-0.1, -0.05) is 6.07 Å². The number of nitrogens with zero attached hydrogens (tertiary/aromatic N) is 5. The van der Waals surface area contributed by atoms with Crippen molar-refractivity contribution >= 4 is 29.0 Å². The number of hydrogen-bond donors (Lipinski definition) is 2. The summed E-state index contributed by atoms with van der Waals surface area (Å²) >= 11 is 0. The Morgan fingerprint density at radius 3 is 2.79 bits per heavy atom. The summed E-state index contributed by atoms with van der Waals surface area (Å²) < 4.78 is 12.9. The fourth-order valence-electron chi connectivity index (χ4n) is 3.87. The van der Waals surface area contributed by atoms with Crippen LogP contribution in [0.5, 0.6) is 5.75 Å². The second-order valence-corrected chi connectivity index (χ2v) is 7.50. The van der Waals surface area contributed by atoms with E-state index in [1.807, 2.05) is 24.3 Å². The predicted octanol–water partition coefficient (Wildman–Crippen LogP) is 2.48. The van der Waals surface area contributed by atoms with Crippen molar-refractivity contribution < 1.29 is 14.3 Å². The van der Waals surface area contributed by atoms with E-state index in [0.29, 0.717) is 36.3 Å². The second-order valence-electron chi connectivity index (χ2n) is 7.50. The molecule has 1 amide bonds. The lowest BCUT2D eigenvalue weighted by Crippen LogP contribution is -2.36. The molecule has 1 aliphatic rings.